The van der Waals surface area contributed by atoms with Crippen molar-refractivity contribution < 1.29 is 4.79 Å². The molecular weight excluding hydrogens is 238 g/mol. The van der Waals surface area contributed by atoms with Crippen molar-refractivity contribution in [3.8, 4) is 0 Å². The molecule has 100 valence electrons. The predicted molar refractivity (Wildman–Crippen MR) is 78.1 cm³/mol. The molecule has 0 saturated heterocycles. The molecule has 2 rings (SSSR count). The summed E-state index contributed by atoms with van der Waals surface area (Å²) >= 11 is 0. The van der Waals surface area contributed by atoms with Gasteiger partial charge in [0.1, 0.15) is 11.9 Å². The Balaban J connectivity index is 2.15. The molecule has 0 spiro atoms. The van der Waals surface area contributed by atoms with E-state index in [9.17, 15) is 4.79 Å². The number of nitrogens with zero attached hydrogens (tertiary/aromatic N) is 1. The molecule has 1 heterocycles. The highest BCUT2D eigenvalue weighted by molar-refractivity contribution is 5.93. The zero-order chi connectivity index (χ0) is 13.7. The number of rotatable bonds is 5. The van der Waals surface area contributed by atoms with Crippen LogP contribution in [0.1, 0.15) is 20.3 Å². The van der Waals surface area contributed by atoms with Gasteiger partial charge in [0.2, 0.25) is 5.91 Å². The second-order valence-electron chi connectivity index (χ2n) is 4.54. The highest BCUT2D eigenvalue weighted by Gasteiger charge is 2.13. The van der Waals surface area contributed by atoms with Crippen molar-refractivity contribution in [2.75, 3.05) is 11.9 Å². The van der Waals surface area contributed by atoms with Crippen molar-refractivity contribution in [3.05, 3.63) is 36.5 Å². The van der Waals surface area contributed by atoms with Crippen molar-refractivity contribution in [1.82, 2.24) is 10.3 Å². The first kappa shape index (κ1) is 13.3. The Morgan fingerprint density at radius 3 is 2.89 bits per heavy atom. The summed E-state index contributed by atoms with van der Waals surface area (Å²) in [6.45, 7) is 4.58. The third-order valence-corrected chi connectivity index (χ3v) is 2.97. The minimum absolute atomic E-state index is 0.00316. The largest absolute Gasteiger partial charge is 0.358 e. The van der Waals surface area contributed by atoms with Crippen molar-refractivity contribution in [2.45, 2.75) is 26.3 Å². The molecule has 0 aliphatic carbocycles. The van der Waals surface area contributed by atoms with E-state index in [-0.39, 0.29) is 11.9 Å². The number of aromatic nitrogens is 1. The van der Waals surface area contributed by atoms with E-state index in [1.54, 1.807) is 6.20 Å². The van der Waals surface area contributed by atoms with Gasteiger partial charge in [0.15, 0.2) is 0 Å². The maximum Gasteiger partial charge on any atom is 0.242 e. The summed E-state index contributed by atoms with van der Waals surface area (Å²) in [5, 5.41) is 8.18. The summed E-state index contributed by atoms with van der Waals surface area (Å²) in [5.41, 5.74) is 0. The molecule has 1 aromatic carbocycles. The summed E-state index contributed by atoms with van der Waals surface area (Å²) in [4.78, 5) is 16.2. The van der Waals surface area contributed by atoms with Crippen LogP contribution in [0.25, 0.3) is 10.8 Å². The molecule has 0 saturated carbocycles. The number of anilines is 1. The van der Waals surface area contributed by atoms with Crippen LogP contribution in [0.5, 0.6) is 0 Å². The van der Waals surface area contributed by atoms with Gasteiger partial charge in [-0.25, -0.2) is 4.98 Å². The quantitative estimate of drug-likeness (QED) is 0.865. The second kappa shape index (κ2) is 6.18. The molecule has 0 aliphatic rings. The van der Waals surface area contributed by atoms with Crippen molar-refractivity contribution in [2.24, 2.45) is 0 Å². The summed E-state index contributed by atoms with van der Waals surface area (Å²) in [5.74, 6) is 0.744. The minimum Gasteiger partial charge on any atom is -0.358 e. The summed E-state index contributed by atoms with van der Waals surface area (Å²) in [6, 6.07) is 9.65. The molecule has 4 heteroatoms. The molecule has 1 atom stereocenters. The topological polar surface area (TPSA) is 54.0 Å². The highest BCUT2D eigenvalue weighted by Crippen LogP contribution is 2.20. The Morgan fingerprint density at radius 2 is 2.11 bits per heavy atom. The van der Waals surface area contributed by atoms with Gasteiger partial charge in [0.05, 0.1) is 0 Å². The van der Waals surface area contributed by atoms with Crippen LogP contribution in [0.3, 0.4) is 0 Å². The fourth-order valence-corrected chi connectivity index (χ4v) is 1.91. The predicted octanol–water partition coefficient (Wildman–Crippen LogP) is 2.56. The first-order valence-corrected chi connectivity index (χ1v) is 6.60. The van der Waals surface area contributed by atoms with E-state index in [2.05, 4.69) is 15.6 Å². The molecule has 0 fully saturated rings. The van der Waals surface area contributed by atoms with E-state index in [1.165, 1.54) is 0 Å². The number of benzene rings is 1. The molecule has 2 N–H and O–H groups in total. The molecule has 0 aliphatic heterocycles. The maximum absolute atomic E-state index is 11.8. The third-order valence-electron chi connectivity index (χ3n) is 2.97. The number of hydrogen-bond acceptors (Lipinski definition) is 3. The molecule has 0 bridgehead atoms. The van der Waals surface area contributed by atoms with Crippen LogP contribution in [0.4, 0.5) is 5.82 Å². The van der Waals surface area contributed by atoms with Gasteiger partial charge in [0, 0.05) is 18.1 Å². The molecule has 1 unspecified atom stereocenters. The molecule has 1 amide bonds. The van der Waals surface area contributed by atoms with Crippen LogP contribution in [0.15, 0.2) is 36.5 Å². The molecule has 0 radical (unpaired) electrons. The molecule has 19 heavy (non-hydrogen) atoms. The van der Waals surface area contributed by atoms with Crippen molar-refractivity contribution in [1.29, 1.82) is 0 Å². The number of carbonyl (C=O) groups is 1. The van der Waals surface area contributed by atoms with E-state index < -0.39 is 0 Å². The fourth-order valence-electron chi connectivity index (χ4n) is 1.91. The van der Waals surface area contributed by atoms with Gasteiger partial charge in [0.25, 0.3) is 0 Å². The molecule has 2 aromatic rings. The number of amides is 1. The van der Waals surface area contributed by atoms with Crippen LogP contribution < -0.4 is 10.6 Å². The second-order valence-corrected chi connectivity index (χ2v) is 4.54. The Hall–Kier alpha value is -2.10. The van der Waals surface area contributed by atoms with Crippen molar-refractivity contribution in [3.63, 3.8) is 0 Å². The number of hydrogen-bond donors (Lipinski definition) is 2. The molecular formula is C15H19N3O. The van der Waals surface area contributed by atoms with Gasteiger partial charge in [-0.05, 0) is 24.8 Å². The molecule has 1 aromatic heterocycles. The third kappa shape index (κ3) is 3.22. The monoisotopic (exact) mass is 257 g/mol. The average molecular weight is 257 g/mol. The van der Waals surface area contributed by atoms with Crippen LogP contribution >= 0.6 is 0 Å². The Bertz CT molecular complexity index is 563. The lowest BCUT2D eigenvalue weighted by Crippen LogP contribution is -2.38. The zero-order valence-electron chi connectivity index (χ0n) is 11.3. The Labute approximate surface area is 113 Å². The van der Waals surface area contributed by atoms with E-state index >= 15 is 0 Å². The van der Waals surface area contributed by atoms with Crippen LogP contribution in [-0.4, -0.2) is 23.5 Å². The Morgan fingerprint density at radius 1 is 1.32 bits per heavy atom. The summed E-state index contributed by atoms with van der Waals surface area (Å²) < 4.78 is 0. The highest BCUT2D eigenvalue weighted by atomic mass is 16.2. The van der Waals surface area contributed by atoms with Crippen molar-refractivity contribution >= 4 is 22.5 Å². The smallest absolute Gasteiger partial charge is 0.242 e. The normalized spacial score (nSPS) is 12.1. The SMILES string of the molecule is CCCNC(=O)C(C)Nc1nccc2ccccc12. The lowest BCUT2D eigenvalue weighted by molar-refractivity contribution is -0.121. The van der Waals surface area contributed by atoms with Crippen LogP contribution in [0, 0.1) is 0 Å². The zero-order valence-corrected chi connectivity index (χ0v) is 11.3. The fraction of sp³-hybridized carbons (Fsp3) is 0.333. The van der Waals surface area contributed by atoms with Gasteiger partial charge in [-0.2, -0.15) is 0 Å². The average Bonchev–Trinajstić information content (AvgIpc) is 2.45. The van der Waals surface area contributed by atoms with Crippen LogP contribution in [-0.2, 0) is 4.79 Å². The lowest BCUT2D eigenvalue weighted by Gasteiger charge is -2.15. The lowest BCUT2D eigenvalue weighted by atomic mass is 10.1. The summed E-state index contributed by atoms with van der Waals surface area (Å²) in [6.07, 6.45) is 2.69. The first-order chi connectivity index (χ1) is 9.22. The Kier molecular flexibility index (Phi) is 4.34. The van der Waals surface area contributed by atoms with E-state index in [1.807, 2.05) is 44.2 Å². The maximum atomic E-state index is 11.8. The standard InChI is InChI=1S/C15H19N3O/c1-3-9-17-15(19)11(2)18-14-13-7-5-4-6-12(13)8-10-16-14/h4-8,10-11H,3,9H2,1-2H3,(H,16,18)(H,17,19). The van der Waals surface area contributed by atoms with Gasteiger partial charge >= 0.3 is 0 Å². The van der Waals surface area contributed by atoms with E-state index in [0.717, 1.165) is 23.0 Å². The van der Waals surface area contributed by atoms with Gasteiger partial charge < -0.3 is 10.6 Å². The van der Waals surface area contributed by atoms with Crippen LogP contribution in [0.2, 0.25) is 0 Å². The van der Waals surface area contributed by atoms with Gasteiger partial charge in [-0.15, -0.1) is 0 Å². The minimum atomic E-state index is -0.301. The van der Waals surface area contributed by atoms with E-state index in [0.29, 0.717) is 6.54 Å². The van der Waals surface area contributed by atoms with E-state index in [4.69, 9.17) is 0 Å². The van der Waals surface area contributed by atoms with Gasteiger partial charge in [-0.1, -0.05) is 31.2 Å². The summed E-state index contributed by atoms with van der Waals surface area (Å²) in [7, 11) is 0. The number of nitrogens with one attached hydrogen (secondary N) is 2. The molecule has 4 nitrogen and oxygen atoms in total. The number of fused-ring (bicyclic) bond motifs is 1. The number of pyridine rings is 1. The first-order valence-electron chi connectivity index (χ1n) is 6.60. The number of carbonyl (C=O) groups excluding carboxylic acids is 1. The van der Waals surface area contributed by atoms with Gasteiger partial charge in [-0.3, -0.25) is 4.79 Å².